The summed E-state index contributed by atoms with van der Waals surface area (Å²) >= 11 is 1.80. The van der Waals surface area contributed by atoms with Crippen molar-refractivity contribution >= 4 is 17.4 Å². The Bertz CT molecular complexity index is 618. The maximum absolute atomic E-state index is 3.79. The van der Waals surface area contributed by atoms with Crippen molar-refractivity contribution in [2.24, 2.45) is 5.41 Å². The van der Waals surface area contributed by atoms with E-state index >= 15 is 0 Å². The van der Waals surface area contributed by atoms with Gasteiger partial charge in [0.25, 0.3) is 0 Å². The Morgan fingerprint density at radius 1 is 1.05 bits per heavy atom. The average molecular weight is 283 g/mol. The van der Waals surface area contributed by atoms with Crippen LogP contribution in [0.1, 0.15) is 31.0 Å². The molecule has 1 atom stereocenters. The van der Waals surface area contributed by atoms with Crippen LogP contribution in [0.5, 0.6) is 0 Å². The van der Waals surface area contributed by atoms with Crippen LogP contribution in [-0.4, -0.2) is 6.26 Å². The molecular weight excluding hydrogens is 262 g/mol. The van der Waals surface area contributed by atoms with Crippen molar-refractivity contribution in [2.75, 3.05) is 11.6 Å². The van der Waals surface area contributed by atoms with Gasteiger partial charge in [-0.25, -0.2) is 0 Å². The van der Waals surface area contributed by atoms with E-state index in [2.05, 4.69) is 74.0 Å². The first-order valence-corrected chi connectivity index (χ1v) is 8.31. The number of thioether (sulfide) groups is 1. The Kier molecular flexibility index (Phi) is 3.51. The van der Waals surface area contributed by atoms with E-state index < -0.39 is 0 Å². The zero-order valence-corrected chi connectivity index (χ0v) is 13.1. The van der Waals surface area contributed by atoms with E-state index in [9.17, 15) is 0 Å². The highest BCUT2D eigenvalue weighted by Gasteiger charge is 2.38. The molecule has 0 aliphatic heterocycles. The highest BCUT2D eigenvalue weighted by Crippen LogP contribution is 2.47. The molecule has 0 heterocycles. The van der Waals surface area contributed by atoms with Crippen LogP contribution in [0.15, 0.2) is 53.4 Å². The molecule has 0 bridgehead atoms. The molecule has 104 valence electrons. The van der Waals surface area contributed by atoms with Gasteiger partial charge in [0.05, 0.1) is 6.04 Å². The summed E-state index contributed by atoms with van der Waals surface area (Å²) < 4.78 is 0. The number of hydrogen-bond acceptors (Lipinski definition) is 2. The van der Waals surface area contributed by atoms with Crippen molar-refractivity contribution in [3.05, 3.63) is 59.7 Å². The van der Waals surface area contributed by atoms with Gasteiger partial charge in [0.1, 0.15) is 0 Å². The first kappa shape index (κ1) is 13.6. The lowest BCUT2D eigenvalue weighted by Gasteiger charge is -2.30. The predicted molar refractivity (Wildman–Crippen MR) is 88.5 cm³/mol. The predicted octanol–water partition coefficient (Wildman–Crippen LogP) is 5.14. The van der Waals surface area contributed by atoms with E-state index in [-0.39, 0.29) is 5.41 Å². The van der Waals surface area contributed by atoms with Gasteiger partial charge in [-0.1, -0.05) is 50.2 Å². The Labute approximate surface area is 125 Å². The van der Waals surface area contributed by atoms with E-state index in [1.807, 2.05) is 0 Å². The molecule has 1 nitrogen and oxygen atoms in total. The lowest BCUT2D eigenvalue weighted by molar-refractivity contribution is 0.337. The summed E-state index contributed by atoms with van der Waals surface area (Å²) in [5, 5.41) is 3.79. The molecule has 0 fully saturated rings. The molecule has 0 saturated heterocycles. The standard InChI is InChI=1S/C18H21NS/c1-18(2)12-13-8-4-5-9-14(13)17(18)19-15-10-6-7-11-16(15)20-3/h4-11,17,19H,12H2,1-3H3. The average Bonchev–Trinajstić information content (AvgIpc) is 2.70. The molecule has 20 heavy (non-hydrogen) atoms. The number of hydrogen-bond donors (Lipinski definition) is 1. The van der Waals surface area contributed by atoms with Crippen molar-refractivity contribution in [3.8, 4) is 0 Å². The van der Waals surface area contributed by atoms with E-state index in [1.165, 1.54) is 21.7 Å². The molecule has 1 aliphatic carbocycles. The number of anilines is 1. The fourth-order valence-corrected chi connectivity index (χ4v) is 3.74. The number of para-hydroxylation sites is 1. The molecule has 1 unspecified atom stereocenters. The molecule has 2 aromatic carbocycles. The third-order valence-corrected chi connectivity index (χ3v) is 5.00. The number of nitrogens with one attached hydrogen (secondary N) is 1. The summed E-state index contributed by atoms with van der Waals surface area (Å²) in [5.74, 6) is 0. The minimum absolute atomic E-state index is 0.245. The van der Waals surface area contributed by atoms with Gasteiger partial charge in [0, 0.05) is 10.6 Å². The van der Waals surface area contributed by atoms with E-state index in [4.69, 9.17) is 0 Å². The molecule has 0 saturated carbocycles. The second-order valence-corrected chi connectivity index (χ2v) is 6.99. The van der Waals surface area contributed by atoms with E-state index in [0.717, 1.165) is 6.42 Å². The molecule has 0 aromatic heterocycles. The minimum atomic E-state index is 0.245. The fraction of sp³-hybridized carbons (Fsp3) is 0.333. The van der Waals surface area contributed by atoms with E-state index in [1.54, 1.807) is 11.8 Å². The van der Waals surface area contributed by atoms with Crippen LogP contribution in [0.3, 0.4) is 0 Å². The van der Waals surface area contributed by atoms with Crippen LogP contribution in [0.4, 0.5) is 5.69 Å². The Morgan fingerprint density at radius 3 is 2.55 bits per heavy atom. The quantitative estimate of drug-likeness (QED) is 0.782. The van der Waals surface area contributed by atoms with Gasteiger partial charge in [-0.2, -0.15) is 0 Å². The monoisotopic (exact) mass is 283 g/mol. The normalized spacial score (nSPS) is 19.6. The van der Waals surface area contributed by atoms with Crippen LogP contribution >= 0.6 is 11.8 Å². The first-order chi connectivity index (χ1) is 9.62. The number of rotatable bonds is 3. The first-order valence-electron chi connectivity index (χ1n) is 7.09. The smallest absolute Gasteiger partial charge is 0.0571 e. The fourth-order valence-electron chi connectivity index (χ4n) is 3.18. The molecule has 0 spiro atoms. The van der Waals surface area contributed by atoms with Crippen molar-refractivity contribution < 1.29 is 0 Å². The maximum Gasteiger partial charge on any atom is 0.0571 e. The topological polar surface area (TPSA) is 12.0 Å². The molecular formula is C18H21NS. The second-order valence-electron chi connectivity index (χ2n) is 6.14. The molecule has 1 aliphatic rings. The molecule has 1 N–H and O–H groups in total. The molecule has 0 radical (unpaired) electrons. The Balaban J connectivity index is 1.97. The van der Waals surface area contributed by atoms with Crippen molar-refractivity contribution in [1.29, 1.82) is 0 Å². The van der Waals surface area contributed by atoms with E-state index in [0.29, 0.717) is 6.04 Å². The van der Waals surface area contributed by atoms with Crippen molar-refractivity contribution in [2.45, 2.75) is 31.2 Å². The summed E-state index contributed by atoms with van der Waals surface area (Å²) in [4.78, 5) is 1.31. The van der Waals surface area contributed by atoms with Crippen molar-refractivity contribution in [1.82, 2.24) is 0 Å². The van der Waals surface area contributed by atoms with Gasteiger partial charge in [0.2, 0.25) is 0 Å². The van der Waals surface area contributed by atoms with Gasteiger partial charge in [-0.05, 0) is 41.4 Å². The maximum atomic E-state index is 3.79. The third-order valence-electron chi connectivity index (χ3n) is 4.20. The lowest BCUT2D eigenvalue weighted by Crippen LogP contribution is -2.24. The largest absolute Gasteiger partial charge is 0.377 e. The second kappa shape index (κ2) is 5.17. The lowest BCUT2D eigenvalue weighted by atomic mass is 9.85. The van der Waals surface area contributed by atoms with Gasteiger partial charge >= 0.3 is 0 Å². The summed E-state index contributed by atoms with van der Waals surface area (Å²) in [6.07, 6.45) is 3.27. The van der Waals surface area contributed by atoms with Crippen LogP contribution in [0.25, 0.3) is 0 Å². The van der Waals surface area contributed by atoms with Crippen LogP contribution in [0.2, 0.25) is 0 Å². The van der Waals surface area contributed by atoms with Crippen molar-refractivity contribution in [3.63, 3.8) is 0 Å². The third kappa shape index (κ3) is 2.33. The highest BCUT2D eigenvalue weighted by atomic mass is 32.2. The summed E-state index contributed by atoms with van der Waals surface area (Å²) in [6.45, 7) is 4.71. The number of benzene rings is 2. The summed E-state index contributed by atoms with van der Waals surface area (Å²) in [5.41, 5.74) is 4.43. The SMILES string of the molecule is CSc1ccccc1NC1c2ccccc2CC1(C)C. The van der Waals surface area contributed by atoms with Crippen LogP contribution in [-0.2, 0) is 6.42 Å². The van der Waals surface area contributed by atoms with Gasteiger partial charge in [-0.3, -0.25) is 0 Å². The summed E-state index contributed by atoms with van der Waals surface area (Å²) in [6, 6.07) is 17.8. The Morgan fingerprint density at radius 2 is 1.75 bits per heavy atom. The molecule has 0 amide bonds. The van der Waals surface area contributed by atoms with Crippen LogP contribution < -0.4 is 5.32 Å². The molecule has 3 rings (SSSR count). The Hall–Kier alpha value is -1.41. The number of fused-ring (bicyclic) bond motifs is 1. The zero-order chi connectivity index (χ0) is 14.2. The summed E-state index contributed by atoms with van der Waals surface area (Å²) in [7, 11) is 0. The molecule has 2 heteroatoms. The van der Waals surface area contributed by atoms with Gasteiger partial charge in [-0.15, -0.1) is 11.8 Å². The molecule has 2 aromatic rings. The van der Waals surface area contributed by atoms with Gasteiger partial charge < -0.3 is 5.32 Å². The van der Waals surface area contributed by atoms with Crippen LogP contribution in [0, 0.1) is 5.41 Å². The minimum Gasteiger partial charge on any atom is -0.377 e. The van der Waals surface area contributed by atoms with Gasteiger partial charge in [0.15, 0.2) is 0 Å². The highest BCUT2D eigenvalue weighted by molar-refractivity contribution is 7.98. The zero-order valence-electron chi connectivity index (χ0n) is 12.3.